The first-order valence-electron chi connectivity index (χ1n) is 6.36. The fraction of sp³-hybridized carbons (Fsp3) is 0.286. The Bertz CT molecular complexity index is 691. The van der Waals surface area contributed by atoms with Crippen LogP contribution in [0.15, 0.2) is 24.3 Å². The molecule has 0 aliphatic rings. The van der Waals surface area contributed by atoms with Gasteiger partial charge < -0.3 is 9.84 Å². The third kappa shape index (κ3) is 2.76. The van der Waals surface area contributed by atoms with Gasteiger partial charge in [-0.1, -0.05) is 6.92 Å². The Labute approximate surface area is 123 Å². The number of halogens is 3. The molecule has 8 heteroatoms. The average Bonchev–Trinajstić information content (AvgIpc) is 2.85. The summed E-state index contributed by atoms with van der Waals surface area (Å²) < 4.78 is 44.0. The van der Waals surface area contributed by atoms with E-state index >= 15 is 0 Å². The molecule has 0 unspecified atom stereocenters. The first-order valence-corrected chi connectivity index (χ1v) is 6.36. The second-order valence-electron chi connectivity index (χ2n) is 4.45. The van der Waals surface area contributed by atoms with Crippen molar-refractivity contribution in [3.05, 3.63) is 41.1 Å². The minimum Gasteiger partial charge on any atom is -0.480 e. The van der Waals surface area contributed by atoms with Gasteiger partial charge in [-0.15, -0.1) is 0 Å². The van der Waals surface area contributed by atoms with Crippen molar-refractivity contribution in [3.8, 4) is 11.6 Å². The van der Waals surface area contributed by atoms with Gasteiger partial charge in [0.05, 0.1) is 24.1 Å². The number of aromatic carboxylic acids is 1. The molecule has 0 atom stereocenters. The molecule has 5 nitrogen and oxygen atoms in total. The molecule has 0 bridgehead atoms. The topological polar surface area (TPSA) is 64.4 Å². The Morgan fingerprint density at radius 2 is 1.91 bits per heavy atom. The van der Waals surface area contributed by atoms with Crippen molar-refractivity contribution in [1.29, 1.82) is 0 Å². The van der Waals surface area contributed by atoms with E-state index in [1.807, 2.05) is 0 Å². The van der Waals surface area contributed by atoms with Gasteiger partial charge in [0.15, 0.2) is 0 Å². The third-order valence-electron chi connectivity index (χ3n) is 3.10. The number of benzene rings is 1. The van der Waals surface area contributed by atoms with E-state index < -0.39 is 17.7 Å². The van der Waals surface area contributed by atoms with Gasteiger partial charge in [-0.2, -0.15) is 18.3 Å². The van der Waals surface area contributed by atoms with Crippen molar-refractivity contribution < 1.29 is 27.8 Å². The standard InChI is InChI=1S/C14H13F3N2O3/c1-3-10-11(13(20)21)12(22-2)19(18-10)9-6-4-8(5-7-9)14(15,16)17/h4-7H,3H2,1-2H3,(H,20,21). The molecular formula is C14H13F3N2O3. The molecule has 2 rings (SSSR count). The van der Waals surface area contributed by atoms with Gasteiger partial charge in [-0.05, 0) is 30.7 Å². The number of hydrogen-bond acceptors (Lipinski definition) is 3. The summed E-state index contributed by atoms with van der Waals surface area (Å²) in [6.45, 7) is 1.73. The van der Waals surface area contributed by atoms with Gasteiger partial charge in [0.1, 0.15) is 5.56 Å². The van der Waals surface area contributed by atoms with E-state index in [1.165, 1.54) is 23.9 Å². The zero-order chi connectivity index (χ0) is 16.5. The van der Waals surface area contributed by atoms with Crippen LogP contribution in [0.5, 0.6) is 5.88 Å². The van der Waals surface area contributed by atoms with Crippen molar-refractivity contribution in [2.75, 3.05) is 7.11 Å². The van der Waals surface area contributed by atoms with Crippen LogP contribution in [0.1, 0.15) is 28.5 Å². The number of carbonyl (C=O) groups is 1. The fourth-order valence-electron chi connectivity index (χ4n) is 2.06. The van der Waals surface area contributed by atoms with E-state index in [2.05, 4.69) is 5.10 Å². The van der Waals surface area contributed by atoms with E-state index in [0.29, 0.717) is 12.1 Å². The number of alkyl halides is 3. The molecule has 0 saturated heterocycles. The van der Waals surface area contributed by atoms with Gasteiger partial charge in [0, 0.05) is 0 Å². The molecule has 1 aromatic heterocycles. The summed E-state index contributed by atoms with van der Waals surface area (Å²) in [5.74, 6) is -1.23. The smallest absolute Gasteiger partial charge is 0.416 e. The summed E-state index contributed by atoms with van der Waals surface area (Å²) >= 11 is 0. The van der Waals surface area contributed by atoms with Gasteiger partial charge in [0.2, 0.25) is 5.88 Å². The normalized spacial score (nSPS) is 11.5. The summed E-state index contributed by atoms with van der Waals surface area (Å²) in [4.78, 5) is 11.3. The van der Waals surface area contributed by atoms with Crippen molar-refractivity contribution in [2.24, 2.45) is 0 Å². The Morgan fingerprint density at radius 1 is 1.32 bits per heavy atom. The molecule has 0 aliphatic heterocycles. The van der Waals surface area contributed by atoms with Gasteiger partial charge in [-0.3, -0.25) is 0 Å². The number of aryl methyl sites for hydroxylation is 1. The number of aromatic nitrogens is 2. The molecule has 1 heterocycles. The van der Waals surface area contributed by atoms with Crippen LogP contribution in [-0.4, -0.2) is 28.0 Å². The number of carboxylic acids is 1. The van der Waals surface area contributed by atoms with Crippen molar-refractivity contribution in [1.82, 2.24) is 9.78 Å². The number of ether oxygens (including phenoxy) is 1. The molecule has 0 saturated carbocycles. The number of rotatable bonds is 4. The lowest BCUT2D eigenvalue weighted by Gasteiger charge is -2.09. The van der Waals surface area contributed by atoms with Crippen LogP contribution in [0, 0.1) is 0 Å². The van der Waals surface area contributed by atoms with E-state index in [1.54, 1.807) is 6.92 Å². The summed E-state index contributed by atoms with van der Waals surface area (Å²) in [6, 6.07) is 4.23. The quantitative estimate of drug-likeness (QED) is 0.941. The number of methoxy groups -OCH3 is 1. The first kappa shape index (κ1) is 15.9. The summed E-state index contributed by atoms with van der Waals surface area (Å²) in [7, 11) is 1.28. The summed E-state index contributed by atoms with van der Waals surface area (Å²) in [5.41, 5.74) is -0.308. The highest BCUT2D eigenvalue weighted by molar-refractivity contribution is 5.92. The SMILES string of the molecule is CCc1nn(-c2ccc(C(F)(F)F)cc2)c(OC)c1C(=O)O. The molecule has 22 heavy (non-hydrogen) atoms. The maximum absolute atomic E-state index is 12.6. The lowest BCUT2D eigenvalue weighted by atomic mass is 10.2. The zero-order valence-electron chi connectivity index (χ0n) is 11.8. The highest BCUT2D eigenvalue weighted by Gasteiger charge is 2.30. The molecule has 1 aromatic carbocycles. The van der Waals surface area contributed by atoms with Crippen LogP contribution >= 0.6 is 0 Å². The van der Waals surface area contributed by atoms with Gasteiger partial charge >= 0.3 is 12.1 Å². The van der Waals surface area contributed by atoms with Gasteiger partial charge in [0.25, 0.3) is 0 Å². The molecule has 0 spiro atoms. The molecule has 0 aliphatic carbocycles. The maximum atomic E-state index is 12.6. The molecule has 0 fully saturated rings. The molecular weight excluding hydrogens is 301 g/mol. The minimum atomic E-state index is -4.44. The fourth-order valence-corrected chi connectivity index (χ4v) is 2.06. The summed E-state index contributed by atoms with van der Waals surface area (Å²) in [5, 5.41) is 13.4. The Kier molecular flexibility index (Phi) is 4.11. The van der Waals surface area contributed by atoms with Crippen molar-refractivity contribution >= 4 is 5.97 Å². The molecule has 2 aromatic rings. The van der Waals surface area contributed by atoms with Crippen LogP contribution < -0.4 is 4.74 Å². The third-order valence-corrected chi connectivity index (χ3v) is 3.10. The van der Waals surface area contributed by atoms with Crippen LogP contribution in [0.3, 0.4) is 0 Å². The largest absolute Gasteiger partial charge is 0.480 e. The molecule has 0 amide bonds. The second-order valence-corrected chi connectivity index (χ2v) is 4.45. The second kappa shape index (κ2) is 5.70. The number of nitrogens with zero attached hydrogens (tertiary/aromatic N) is 2. The van der Waals surface area contributed by atoms with Crippen LogP contribution in [0.25, 0.3) is 5.69 Å². The molecule has 118 valence electrons. The maximum Gasteiger partial charge on any atom is 0.416 e. The van der Waals surface area contributed by atoms with E-state index in [0.717, 1.165) is 12.1 Å². The Balaban J connectivity index is 2.55. The predicted octanol–water partition coefficient (Wildman–Crippen LogP) is 3.16. The predicted molar refractivity (Wildman–Crippen MR) is 71.5 cm³/mol. The lowest BCUT2D eigenvalue weighted by molar-refractivity contribution is -0.137. The summed E-state index contributed by atoms with van der Waals surface area (Å²) in [6.07, 6.45) is -4.08. The van der Waals surface area contributed by atoms with Crippen LogP contribution in [0.2, 0.25) is 0 Å². The van der Waals surface area contributed by atoms with Gasteiger partial charge in [-0.25, -0.2) is 9.48 Å². The Hall–Kier alpha value is -2.51. The number of hydrogen-bond donors (Lipinski definition) is 1. The zero-order valence-corrected chi connectivity index (χ0v) is 11.8. The lowest BCUT2D eigenvalue weighted by Crippen LogP contribution is -2.06. The van der Waals surface area contributed by atoms with Crippen LogP contribution in [0.4, 0.5) is 13.2 Å². The first-order chi connectivity index (χ1) is 10.3. The highest BCUT2D eigenvalue weighted by Crippen LogP contribution is 2.31. The van der Waals surface area contributed by atoms with E-state index in [4.69, 9.17) is 4.74 Å². The highest BCUT2D eigenvalue weighted by atomic mass is 19.4. The van der Waals surface area contributed by atoms with Crippen LogP contribution in [-0.2, 0) is 12.6 Å². The monoisotopic (exact) mass is 314 g/mol. The number of carboxylic acid groups (broad SMARTS) is 1. The minimum absolute atomic E-state index is 0.0240. The average molecular weight is 314 g/mol. The molecule has 1 N–H and O–H groups in total. The van der Waals surface area contributed by atoms with E-state index in [-0.39, 0.29) is 17.1 Å². The van der Waals surface area contributed by atoms with Crippen molar-refractivity contribution in [2.45, 2.75) is 19.5 Å². The van der Waals surface area contributed by atoms with Crippen molar-refractivity contribution in [3.63, 3.8) is 0 Å². The molecule has 0 radical (unpaired) electrons. The van der Waals surface area contributed by atoms with E-state index in [9.17, 15) is 23.1 Å². The Morgan fingerprint density at radius 3 is 2.32 bits per heavy atom.